The Morgan fingerprint density at radius 1 is 1.41 bits per heavy atom. The van der Waals surface area contributed by atoms with E-state index in [2.05, 4.69) is 35.8 Å². The van der Waals surface area contributed by atoms with E-state index >= 15 is 0 Å². The quantitative estimate of drug-likeness (QED) is 0.814. The average molecular weight is 256 g/mol. The molecular weight excluding hydrogens is 228 g/mol. The van der Waals surface area contributed by atoms with Gasteiger partial charge in [-0.2, -0.15) is 11.8 Å². The van der Waals surface area contributed by atoms with Crippen LogP contribution in [0.2, 0.25) is 0 Å². The zero-order valence-corrected chi connectivity index (χ0v) is 12.3. The maximum Gasteiger partial charge on any atom is 0.0168 e. The fraction of sp³-hybridized carbons (Fsp3) is 1.00. The Labute approximate surface area is 111 Å². The second-order valence-electron chi connectivity index (χ2n) is 5.72. The predicted molar refractivity (Wildman–Crippen MR) is 77.8 cm³/mol. The molecule has 0 bridgehead atoms. The Morgan fingerprint density at radius 3 is 3.00 bits per heavy atom. The van der Waals surface area contributed by atoms with Gasteiger partial charge in [-0.1, -0.05) is 6.92 Å². The number of nitrogens with zero attached hydrogens (tertiary/aromatic N) is 1. The lowest BCUT2D eigenvalue weighted by molar-refractivity contribution is 0.148. The number of nitrogens with one attached hydrogen (secondary N) is 1. The first-order chi connectivity index (χ1) is 8.29. The molecule has 0 amide bonds. The van der Waals surface area contributed by atoms with Gasteiger partial charge in [0.2, 0.25) is 0 Å². The number of thioether (sulfide) groups is 1. The van der Waals surface area contributed by atoms with Gasteiger partial charge in [0.25, 0.3) is 0 Å². The van der Waals surface area contributed by atoms with Crippen LogP contribution in [0.4, 0.5) is 0 Å². The molecule has 3 heteroatoms. The van der Waals surface area contributed by atoms with Gasteiger partial charge in [-0.05, 0) is 57.4 Å². The molecule has 2 nitrogen and oxygen atoms in total. The number of hydrogen-bond donors (Lipinski definition) is 1. The maximum absolute atomic E-state index is 3.86. The molecule has 0 spiro atoms. The first kappa shape index (κ1) is 13.7. The van der Waals surface area contributed by atoms with E-state index in [1.165, 1.54) is 56.8 Å². The van der Waals surface area contributed by atoms with Crippen molar-refractivity contribution in [3.8, 4) is 0 Å². The van der Waals surface area contributed by atoms with Crippen LogP contribution >= 0.6 is 11.8 Å². The highest BCUT2D eigenvalue weighted by Gasteiger charge is 2.26. The second-order valence-corrected chi connectivity index (χ2v) is 6.87. The molecule has 2 heterocycles. The minimum atomic E-state index is 0.707. The summed E-state index contributed by atoms with van der Waals surface area (Å²) in [7, 11) is 0. The molecule has 0 saturated carbocycles. The highest BCUT2D eigenvalue weighted by atomic mass is 32.2. The summed E-state index contributed by atoms with van der Waals surface area (Å²) in [5.74, 6) is 3.56. The third kappa shape index (κ3) is 4.15. The average Bonchev–Trinajstić information content (AvgIpc) is 2.83. The van der Waals surface area contributed by atoms with Crippen molar-refractivity contribution in [1.82, 2.24) is 10.2 Å². The van der Waals surface area contributed by atoms with Crippen molar-refractivity contribution >= 4 is 11.8 Å². The third-order valence-corrected chi connectivity index (χ3v) is 5.38. The normalized spacial score (nSPS) is 32.8. The molecule has 0 aromatic rings. The Kier molecular flexibility index (Phi) is 5.64. The third-order valence-electron chi connectivity index (χ3n) is 4.22. The fourth-order valence-corrected chi connectivity index (χ4v) is 4.36. The summed E-state index contributed by atoms with van der Waals surface area (Å²) < 4.78 is 0. The zero-order chi connectivity index (χ0) is 12.1. The monoisotopic (exact) mass is 256 g/mol. The first-order valence-electron chi connectivity index (χ1n) is 7.35. The summed E-state index contributed by atoms with van der Waals surface area (Å²) in [6.45, 7) is 8.64. The first-order valence-corrected chi connectivity index (χ1v) is 8.51. The Bertz CT molecular complexity index is 214. The highest BCUT2D eigenvalue weighted by molar-refractivity contribution is 7.99. The van der Waals surface area contributed by atoms with E-state index in [1.54, 1.807) is 0 Å². The smallest absolute Gasteiger partial charge is 0.0168 e. The van der Waals surface area contributed by atoms with Gasteiger partial charge in [-0.15, -0.1) is 0 Å². The molecule has 2 aliphatic rings. The van der Waals surface area contributed by atoms with E-state index in [4.69, 9.17) is 0 Å². The van der Waals surface area contributed by atoms with Crippen LogP contribution in [0.1, 0.15) is 39.5 Å². The summed E-state index contributed by atoms with van der Waals surface area (Å²) in [6.07, 6.45) is 5.50. The Hall–Kier alpha value is 0.270. The van der Waals surface area contributed by atoms with Gasteiger partial charge in [0.15, 0.2) is 0 Å². The molecule has 17 heavy (non-hydrogen) atoms. The van der Waals surface area contributed by atoms with Crippen LogP contribution in [0.5, 0.6) is 0 Å². The topological polar surface area (TPSA) is 15.3 Å². The standard InChI is InChI=1S/C14H28N2S/c1-3-7-16-8-4-5-13(10-16)12(2)15-14-6-9-17-11-14/h12-15H,3-11H2,1-2H3. The molecule has 0 aliphatic carbocycles. The molecule has 2 rings (SSSR count). The number of hydrogen-bond acceptors (Lipinski definition) is 3. The van der Waals surface area contributed by atoms with E-state index in [1.807, 2.05) is 0 Å². The lowest BCUT2D eigenvalue weighted by Gasteiger charge is -2.37. The van der Waals surface area contributed by atoms with Crippen molar-refractivity contribution in [3.63, 3.8) is 0 Å². The minimum Gasteiger partial charge on any atom is -0.310 e. The van der Waals surface area contributed by atoms with E-state index in [9.17, 15) is 0 Å². The van der Waals surface area contributed by atoms with Crippen LogP contribution in [-0.2, 0) is 0 Å². The van der Waals surface area contributed by atoms with Gasteiger partial charge in [0, 0.05) is 24.4 Å². The summed E-state index contributed by atoms with van der Waals surface area (Å²) in [4.78, 5) is 2.66. The van der Waals surface area contributed by atoms with Gasteiger partial charge in [0.05, 0.1) is 0 Å². The van der Waals surface area contributed by atoms with Crippen LogP contribution in [-0.4, -0.2) is 48.1 Å². The molecule has 0 radical (unpaired) electrons. The summed E-state index contributed by atoms with van der Waals surface area (Å²) >= 11 is 2.11. The zero-order valence-electron chi connectivity index (χ0n) is 11.5. The highest BCUT2D eigenvalue weighted by Crippen LogP contribution is 2.23. The van der Waals surface area contributed by atoms with Crippen molar-refractivity contribution in [2.24, 2.45) is 5.92 Å². The van der Waals surface area contributed by atoms with Crippen molar-refractivity contribution in [2.75, 3.05) is 31.1 Å². The van der Waals surface area contributed by atoms with Crippen LogP contribution in [0.15, 0.2) is 0 Å². The van der Waals surface area contributed by atoms with Crippen molar-refractivity contribution in [3.05, 3.63) is 0 Å². The Balaban J connectivity index is 1.75. The summed E-state index contributed by atoms with van der Waals surface area (Å²) in [6, 6.07) is 1.50. The van der Waals surface area contributed by atoms with E-state index in [-0.39, 0.29) is 0 Å². The molecule has 1 N–H and O–H groups in total. The lowest BCUT2D eigenvalue weighted by atomic mass is 9.91. The molecule has 2 aliphatic heterocycles. The molecular formula is C14H28N2S. The Morgan fingerprint density at radius 2 is 2.29 bits per heavy atom. The van der Waals surface area contributed by atoms with E-state index < -0.39 is 0 Å². The molecule has 0 aromatic carbocycles. The number of piperidine rings is 1. The summed E-state index contributed by atoms with van der Waals surface area (Å²) in [5, 5.41) is 3.86. The van der Waals surface area contributed by atoms with Gasteiger partial charge < -0.3 is 10.2 Å². The molecule has 3 atom stereocenters. The van der Waals surface area contributed by atoms with Crippen molar-refractivity contribution in [1.29, 1.82) is 0 Å². The summed E-state index contributed by atoms with van der Waals surface area (Å²) in [5.41, 5.74) is 0. The van der Waals surface area contributed by atoms with Gasteiger partial charge in [0.1, 0.15) is 0 Å². The van der Waals surface area contributed by atoms with Crippen molar-refractivity contribution in [2.45, 2.75) is 51.6 Å². The van der Waals surface area contributed by atoms with Crippen LogP contribution in [0.25, 0.3) is 0 Å². The van der Waals surface area contributed by atoms with Crippen LogP contribution < -0.4 is 5.32 Å². The molecule has 100 valence electrons. The minimum absolute atomic E-state index is 0.707. The van der Waals surface area contributed by atoms with Gasteiger partial charge >= 0.3 is 0 Å². The molecule has 2 saturated heterocycles. The number of rotatable bonds is 5. The number of likely N-dealkylation sites (tertiary alicyclic amines) is 1. The maximum atomic E-state index is 3.86. The van der Waals surface area contributed by atoms with Gasteiger partial charge in [-0.25, -0.2) is 0 Å². The molecule has 0 aromatic heterocycles. The van der Waals surface area contributed by atoms with Gasteiger partial charge in [-0.3, -0.25) is 0 Å². The molecule has 3 unspecified atom stereocenters. The van der Waals surface area contributed by atoms with E-state index in [0.717, 1.165) is 12.0 Å². The SMILES string of the molecule is CCCN1CCCC(C(C)NC2CCSC2)C1. The second kappa shape index (κ2) is 7.01. The van der Waals surface area contributed by atoms with E-state index in [0.29, 0.717) is 6.04 Å². The largest absolute Gasteiger partial charge is 0.310 e. The predicted octanol–water partition coefficient (Wildman–Crippen LogP) is 2.59. The molecule has 2 fully saturated rings. The lowest BCUT2D eigenvalue weighted by Crippen LogP contribution is -2.47. The van der Waals surface area contributed by atoms with Crippen LogP contribution in [0, 0.1) is 5.92 Å². The van der Waals surface area contributed by atoms with Crippen LogP contribution in [0.3, 0.4) is 0 Å². The van der Waals surface area contributed by atoms with Crippen molar-refractivity contribution < 1.29 is 0 Å². The fourth-order valence-electron chi connectivity index (χ4n) is 3.19.